The summed E-state index contributed by atoms with van der Waals surface area (Å²) in [7, 11) is 1.75. The van der Waals surface area contributed by atoms with Crippen molar-refractivity contribution in [2.24, 2.45) is 7.05 Å². The second kappa shape index (κ2) is 6.23. The Balaban J connectivity index is 1.47. The van der Waals surface area contributed by atoms with Gasteiger partial charge in [0.15, 0.2) is 17.3 Å². The Bertz CT molecular complexity index is 938. The first-order chi connectivity index (χ1) is 12.2. The SMILES string of the molecule is Cn1nnnc1-c1cccc(C(=O)NCc2ccc3c(c2)OCO3)c1. The number of ether oxygens (including phenoxy) is 2. The van der Waals surface area contributed by atoms with E-state index in [0.717, 1.165) is 16.9 Å². The molecule has 0 aliphatic carbocycles. The number of rotatable bonds is 4. The van der Waals surface area contributed by atoms with Crippen LogP contribution in [0.1, 0.15) is 15.9 Å². The smallest absolute Gasteiger partial charge is 0.251 e. The van der Waals surface area contributed by atoms with Crippen molar-refractivity contribution < 1.29 is 14.3 Å². The summed E-state index contributed by atoms with van der Waals surface area (Å²) in [5.74, 6) is 1.85. The van der Waals surface area contributed by atoms with Gasteiger partial charge in [0.2, 0.25) is 6.79 Å². The normalized spacial score (nSPS) is 12.2. The maximum Gasteiger partial charge on any atom is 0.251 e. The van der Waals surface area contributed by atoms with Crippen molar-refractivity contribution in [1.29, 1.82) is 0 Å². The van der Waals surface area contributed by atoms with Gasteiger partial charge in [-0.05, 0) is 40.3 Å². The van der Waals surface area contributed by atoms with Gasteiger partial charge in [0.25, 0.3) is 5.91 Å². The van der Waals surface area contributed by atoms with Crippen LogP contribution in [0.25, 0.3) is 11.4 Å². The zero-order chi connectivity index (χ0) is 17.2. The minimum absolute atomic E-state index is 0.172. The number of benzene rings is 2. The average Bonchev–Trinajstić information content (AvgIpc) is 3.27. The number of nitrogens with one attached hydrogen (secondary N) is 1. The third-order valence-corrected chi connectivity index (χ3v) is 3.89. The lowest BCUT2D eigenvalue weighted by Crippen LogP contribution is -2.22. The van der Waals surface area contributed by atoms with E-state index in [1.807, 2.05) is 24.3 Å². The van der Waals surface area contributed by atoms with E-state index in [1.165, 1.54) is 0 Å². The molecule has 1 aliphatic rings. The first-order valence-corrected chi connectivity index (χ1v) is 7.70. The minimum Gasteiger partial charge on any atom is -0.454 e. The number of amides is 1. The molecule has 8 heteroatoms. The van der Waals surface area contributed by atoms with Gasteiger partial charge in [-0.2, -0.15) is 0 Å². The molecule has 0 unspecified atom stereocenters. The Morgan fingerprint density at radius 3 is 2.92 bits per heavy atom. The second-order valence-corrected chi connectivity index (χ2v) is 5.58. The summed E-state index contributed by atoms with van der Waals surface area (Å²) in [4.78, 5) is 12.4. The molecule has 0 radical (unpaired) electrons. The maximum atomic E-state index is 12.4. The maximum absolute atomic E-state index is 12.4. The quantitative estimate of drug-likeness (QED) is 0.776. The molecule has 8 nitrogen and oxygen atoms in total. The number of hydrogen-bond donors (Lipinski definition) is 1. The van der Waals surface area contributed by atoms with Crippen molar-refractivity contribution in [2.75, 3.05) is 6.79 Å². The molecule has 3 aromatic rings. The summed E-state index contributed by atoms with van der Waals surface area (Å²) in [6.45, 7) is 0.625. The Labute approximate surface area is 143 Å². The van der Waals surface area contributed by atoms with Gasteiger partial charge in [-0.1, -0.05) is 18.2 Å². The van der Waals surface area contributed by atoms with Gasteiger partial charge in [0.05, 0.1) is 0 Å². The lowest BCUT2D eigenvalue weighted by molar-refractivity contribution is 0.0951. The van der Waals surface area contributed by atoms with E-state index in [0.29, 0.717) is 23.7 Å². The van der Waals surface area contributed by atoms with Gasteiger partial charge in [-0.3, -0.25) is 4.79 Å². The summed E-state index contributed by atoms with van der Waals surface area (Å²) in [6.07, 6.45) is 0. The van der Waals surface area contributed by atoms with E-state index in [9.17, 15) is 4.79 Å². The lowest BCUT2D eigenvalue weighted by atomic mass is 10.1. The number of aryl methyl sites for hydroxylation is 1. The molecule has 1 amide bonds. The van der Waals surface area contributed by atoms with Crippen LogP contribution in [-0.2, 0) is 13.6 Å². The van der Waals surface area contributed by atoms with Crippen LogP contribution in [0.3, 0.4) is 0 Å². The van der Waals surface area contributed by atoms with Crippen molar-refractivity contribution in [3.8, 4) is 22.9 Å². The van der Waals surface area contributed by atoms with E-state index < -0.39 is 0 Å². The highest BCUT2D eigenvalue weighted by molar-refractivity contribution is 5.95. The third-order valence-electron chi connectivity index (χ3n) is 3.89. The molecular formula is C17H15N5O3. The fraction of sp³-hybridized carbons (Fsp3) is 0.176. The third kappa shape index (κ3) is 3.01. The number of nitrogens with zero attached hydrogens (tertiary/aromatic N) is 4. The van der Waals surface area contributed by atoms with Crippen LogP contribution < -0.4 is 14.8 Å². The topological polar surface area (TPSA) is 91.2 Å². The van der Waals surface area contributed by atoms with Crippen molar-refractivity contribution in [3.05, 3.63) is 53.6 Å². The van der Waals surface area contributed by atoms with Crippen LogP contribution in [0, 0.1) is 0 Å². The molecule has 0 bridgehead atoms. The molecule has 0 saturated carbocycles. The van der Waals surface area contributed by atoms with E-state index in [1.54, 1.807) is 29.9 Å². The molecule has 0 saturated heterocycles. The molecule has 25 heavy (non-hydrogen) atoms. The largest absolute Gasteiger partial charge is 0.454 e. The molecule has 2 heterocycles. The van der Waals surface area contributed by atoms with Gasteiger partial charge < -0.3 is 14.8 Å². The van der Waals surface area contributed by atoms with E-state index in [-0.39, 0.29) is 12.7 Å². The van der Waals surface area contributed by atoms with Crippen LogP contribution >= 0.6 is 0 Å². The highest BCUT2D eigenvalue weighted by Gasteiger charge is 2.14. The van der Waals surface area contributed by atoms with Crippen molar-refractivity contribution in [2.45, 2.75) is 6.54 Å². The Morgan fingerprint density at radius 2 is 2.08 bits per heavy atom. The number of carbonyl (C=O) groups excluding carboxylic acids is 1. The fourth-order valence-electron chi connectivity index (χ4n) is 2.61. The molecule has 4 rings (SSSR count). The van der Waals surface area contributed by atoms with Crippen LogP contribution in [0.4, 0.5) is 0 Å². The molecule has 1 aromatic heterocycles. The molecule has 0 fully saturated rings. The fourth-order valence-corrected chi connectivity index (χ4v) is 2.61. The Morgan fingerprint density at radius 1 is 1.20 bits per heavy atom. The van der Waals surface area contributed by atoms with Crippen molar-refractivity contribution in [3.63, 3.8) is 0 Å². The Kier molecular flexibility index (Phi) is 3.77. The van der Waals surface area contributed by atoms with Gasteiger partial charge in [-0.15, -0.1) is 5.10 Å². The zero-order valence-electron chi connectivity index (χ0n) is 13.5. The van der Waals surface area contributed by atoms with Gasteiger partial charge in [0.1, 0.15) is 0 Å². The molecule has 126 valence electrons. The van der Waals surface area contributed by atoms with Crippen LogP contribution in [0.15, 0.2) is 42.5 Å². The summed E-state index contributed by atoms with van der Waals surface area (Å²) in [5, 5.41) is 14.3. The standard InChI is InChI=1S/C17H15N5O3/c1-22-16(19-20-21-22)12-3-2-4-13(8-12)17(23)18-9-11-5-6-14-15(7-11)25-10-24-14/h2-8H,9-10H2,1H3,(H,18,23). The minimum atomic E-state index is -0.172. The van der Waals surface area contributed by atoms with Gasteiger partial charge in [-0.25, -0.2) is 4.68 Å². The van der Waals surface area contributed by atoms with Gasteiger partial charge >= 0.3 is 0 Å². The number of hydrogen-bond acceptors (Lipinski definition) is 6. The van der Waals surface area contributed by atoms with E-state index >= 15 is 0 Å². The van der Waals surface area contributed by atoms with E-state index in [2.05, 4.69) is 20.8 Å². The van der Waals surface area contributed by atoms with Crippen LogP contribution in [0.2, 0.25) is 0 Å². The average molecular weight is 337 g/mol. The highest BCUT2D eigenvalue weighted by atomic mass is 16.7. The van der Waals surface area contributed by atoms with Crippen molar-refractivity contribution >= 4 is 5.91 Å². The number of fused-ring (bicyclic) bond motifs is 1. The summed E-state index contributed by atoms with van der Waals surface area (Å²) < 4.78 is 12.2. The van der Waals surface area contributed by atoms with Crippen LogP contribution in [0.5, 0.6) is 11.5 Å². The molecule has 2 aromatic carbocycles. The summed E-state index contributed by atoms with van der Waals surface area (Å²) in [6, 6.07) is 12.8. The van der Waals surface area contributed by atoms with E-state index in [4.69, 9.17) is 9.47 Å². The molecule has 1 N–H and O–H groups in total. The predicted octanol–water partition coefficient (Wildman–Crippen LogP) is 1.54. The molecule has 0 atom stereocenters. The summed E-state index contributed by atoms with van der Waals surface area (Å²) >= 11 is 0. The number of carbonyl (C=O) groups is 1. The first kappa shape index (κ1) is 15.1. The number of aromatic nitrogens is 4. The molecular weight excluding hydrogens is 322 g/mol. The molecule has 0 spiro atoms. The monoisotopic (exact) mass is 337 g/mol. The lowest BCUT2D eigenvalue weighted by Gasteiger charge is -2.07. The predicted molar refractivity (Wildman–Crippen MR) is 88.0 cm³/mol. The second-order valence-electron chi connectivity index (χ2n) is 5.58. The highest BCUT2D eigenvalue weighted by Crippen LogP contribution is 2.32. The van der Waals surface area contributed by atoms with Crippen molar-refractivity contribution in [1.82, 2.24) is 25.5 Å². The molecule has 1 aliphatic heterocycles. The van der Waals surface area contributed by atoms with Crippen LogP contribution in [-0.4, -0.2) is 32.9 Å². The number of tetrazole rings is 1. The summed E-state index contributed by atoms with van der Waals surface area (Å²) in [5.41, 5.74) is 2.26. The van der Waals surface area contributed by atoms with Gasteiger partial charge in [0, 0.05) is 24.7 Å². The Hall–Kier alpha value is -3.42. The first-order valence-electron chi connectivity index (χ1n) is 7.70. The zero-order valence-corrected chi connectivity index (χ0v) is 13.5.